The van der Waals surface area contributed by atoms with Crippen molar-refractivity contribution in [3.8, 4) is 6.07 Å². The maximum atomic E-state index is 14.1. The fraction of sp³-hybridized carbons (Fsp3) is 0.556. The molecule has 0 atom stereocenters. The summed E-state index contributed by atoms with van der Waals surface area (Å²) in [5.74, 6) is -5.11. The number of aliphatic hydroxyl groups is 1. The number of rotatable bonds is 4. The Morgan fingerprint density at radius 2 is 1.88 bits per heavy atom. The standard InChI is InChI=1S/C18H21F2N3O2/c19-18(20,17(25)8-1-9-17)16(24)22-14-6-10-23(11-7-14)15-4-2-13(12-21)3-5-15/h2-5,14,25H,1,6-11H2,(H,22,24). The minimum absolute atomic E-state index is 0.0371. The number of nitrogens with one attached hydrogen (secondary N) is 1. The van der Waals surface area contributed by atoms with Gasteiger partial charge in [-0.1, -0.05) is 0 Å². The van der Waals surface area contributed by atoms with Crippen molar-refractivity contribution in [3.63, 3.8) is 0 Å². The highest BCUT2D eigenvalue weighted by atomic mass is 19.3. The molecule has 0 unspecified atom stereocenters. The van der Waals surface area contributed by atoms with Crippen LogP contribution < -0.4 is 10.2 Å². The van der Waals surface area contributed by atoms with E-state index in [1.54, 1.807) is 12.1 Å². The zero-order valence-corrected chi connectivity index (χ0v) is 13.8. The number of carbonyl (C=O) groups is 1. The van der Waals surface area contributed by atoms with E-state index in [0.29, 0.717) is 37.9 Å². The zero-order chi connectivity index (χ0) is 18.1. The molecule has 1 saturated carbocycles. The summed E-state index contributed by atoms with van der Waals surface area (Å²) in [6.07, 6.45) is 1.55. The largest absolute Gasteiger partial charge is 0.383 e. The first-order chi connectivity index (χ1) is 11.9. The SMILES string of the molecule is N#Cc1ccc(N2CCC(NC(=O)C(F)(F)C3(O)CCC3)CC2)cc1. The molecule has 0 radical (unpaired) electrons. The number of hydrogen-bond acceptors (Lipinski definition) is 4. The van der Waals surface area contributed by atoms with Crippen molar-refractivity contribution in [3.05, 3.63) is 29.8 Å². The first kappa shape index (κ1) is 17.6. The Morgan fingerprint density at radius 1 is 1.28 bits per heavy atom. The first-order valence-electron chi connectivity index (χ1n) is 8.52. The molecule has 1 saturated heterocycles. The number of halogens is 2. The number of benzene rings is 1. The molecule has 1 aromatic rings. The molecule has 1 aliphatic heterocycles. The average Bonchev–Trinajstić information content (AvgIpc) is 2.60. The van der Waals surface area contributed by atoms with Crippen LogP contribution >= 0.6 is 0 Å². The molecule has 1 aromatic carbocycles. The van der Waals surface area contributed by atoms with Crippen molar-refractivity contribution in [1.29, 1.82) is 5.26 Å². The van der Waals surface area contributed by atoms with Gasteiger partial charge in [0.15, 0.2) is 0 Å². The predicted octanol–water partition coefficient (Wildman–Crippen LogP) is 2.19. The van der Waals surface area contributed by atoms with Crippen LogP contribution in [0.3, 0.4) is 0 Å². The van der Waals surface area contributed by atoms with Gasteiger partial charge >= 0.3 is 5.92 Å². The Kier molecular flexibility index (Phi) is 4.65. The third-order valence-electron chi connectivity index (χ3n) is 5.24. The summed E-state index contributed by atoms with van der Waals surface area (Å²) in [7, 11) is 0. The summed E-state index contributed by atoms with van der Waals surface area (Å²) in [4.78, 5) is 14.0. The van der Waals surface area contributed by atoms with Gasteiger partial charge in [0.05, 0.1) is 11.6 Å². The predicted molar refractivity (Wildman–Crippen MR) is 88.3 cm³/mol. The second-order valence-electron chi connectivity index (χ2n) is 6.85. The van der Waals surface area contributed by atoms with E-state index in [0.717, 1.165) is 5.69 Å². The summed E-state index contributed by atoms with van der Waals surface area (Å²) < 4.78 is 28.2. The number of nitrogens with zero attached hydrogens (tertiary/aromatic N) is 2. The number of hydrogen-bond donors (Lipinski definition) is 2. The molecule has 25 heavy (non-hydrogen) atoms. The van der Waals surface area contributed by atoms with E-state index >= 15 is 0 Å². The molecule has 0 bridgehead atoms. The van der Waals surface area contributed by atoms with Crippen LogP contribution in [0.15, 0.2) is 24.3 Å². The Morgan fingerprint density at radius 3 is 2.36 bits per heavy atom. The molecule has 134 valence electrons. The molecule has 7 heteroatoms. The number of alkyl halides is 2. The number of anilines is 1. The second-order valence-corrected chi connectivity index (χ2v) is 6.85. The fourth-order valence-electron chi connectivity index (χ4n) is 3.34. The number of carbonyl (C=O) groups excluding carboxylic acids is 1. The highest BCUT2D eigenvalue weighted by Gasteiger charge is 2.61. The van der Waals surface area contributed by atoms with E-state index in [-0.39, 0.29) is 18.9 Å². The molecule has 3 rings (SSSR count). The molecule has 1 aliphatic carbocycles. The second kappa shape index (κ2) is 6.60. The smallest absolute Gasteiger partial charge is 0.352 e. The third kappa shape index (κ3) is 3.31. The van der Waals surface area contributed by atoms with E-state index in [2.05, 4.69) is 16.3 Å². The van der Waals surface area contributed by atoms with E-state index in [1.807, 2.05) is 12.1 Å². The lowest BCUT2D eigenvalue weighted by Crippen LogP contribution is -2.62. The molecule has 1 amide bonds. The van der Waals surface area contributed by atoms with Crippen LogP contribution in [0.2, 0.25) is 0 Å². The molecular weight excluding hydrogens is 328 g/mol. The van der Waals surface area contributed by atoms with Gasteiger partial charge in [-0.05, 0) is 56.4 Å². The third-order valence-corrected chi connectivity index (χ3v) is 5.24. The van der Waals surface area contributed by atoms with Crippen LogP contribution in [-0.2, 0) is 4.79 Å². The monoisotopic (exact) mass is 349 g/mol. The van der Waals surface area contributed by atoms with E-state index in [1.165, 1.54) is 0 Å². The van der Waals surface area contributed by atoms with E-state index in [4.69, 9.17) is 5.26 Å². The highest BCUT2D eigenvalue weighted by molar-refractivity contribution is 5.85. The van der Waals surface area contributed by atoms with Crippen molar-refractivity contribution in [2.24, 2.45) is 0 Å². The Hall–Kier alpha value is -2.20. The average molecular weight is 349 g/mol. The lowest BCUT2D eigenvalue weighted by Gasteiger charge is -2.42. The molecular formula is C18H21F2N3O2. The summed E-state index contributed by atoms with van der Waals surface area (Å²) in [6, 6.07) is 8.94. The van der Waals surface area contributed by atoms with Crippen molar-refractivity contribution in [2.75, 3.05) is 18.0 Å². The lowest BCUT2D eigenvalue weighted by atomic mass is 9.75. The Bertz CT molecular complexity index is 673. The van der Waals surface area contributed by atoms with Gasteiger partial charge in [0.1, 0.15) is 5.60 Å². The number of piperidine rings is 1. The minimum atomic E-state index is -3.74. The molecule has 2 aliphatic rings. The van der Waals surface area contributed by atoms with Gasteiger partial charge in [0.25, 0.3) is 5.91 Å². The highest BCUT2D eigenvalue weighted by Crippen LogP contribution is 2.44. The maximum absolute atomic E-state index is 14.1. The first-order valence-corrected chi connectivity index (χ1v) is 8.52. The minimum Gasteiger partial charge on any atom is -0.383 e. The lowest BCUT2D eigenvalue weighted by molar-refractivity contribution is -0.216. The molecule has 0 spiro atoms. The molecule has 0 aromatic heterocycles. The molecule has 1 heterocycles. The van der Waals surface area contributed by atoms with Gasteiger partial charge < -0.3 is 15.3 Å². The zero-order valence-electron chi connectivity index (χ0n) is 13.8. The van der Waals surface area contributed by atoms with Crippen LogP contribution in [0, 0.1) is 11.3 Å². The topological polar surface area (TPSA) is 76.4 Å². The van der Waals surface area contributed by atoms with Crippen molar-refractivity contribution in [2.45, 2.75) is 49.7 Å². The fourth-order valence-corrected chi connectivity index (χ4v) is 3.34. The molecule has 2 fully saturated rings. The van der Waals surface area contributed by atoms with Crippen LogP contribution in [0.1, 0.15) is 37.7 Å². The van der Waals surface area contributed by atoms with Crippen molar-refractivity contribution in [1.82, 2.24) is 5.32 Å². The summed E-state index contributed by atoms with van der Waals surface area (Å²) >= 11 is 0. The van der Waals surface area contributed by atoms with Crippen LogP contribution in [0.25, 0.3) is 0 Å². The summed E-state index contributed by atoms with van der Waals surface area (Å²) in [5.41, 5.74) is -0.625. The van der Waals surface area contributed by atoms with Crippen molar-refractivity contribution >= 4 is 11.6 Å². The summed E-state index contributed by atoms with van der Waals surface area (Å²) in [5, 5.41) is 21.1. The van der Waals surface area contributed by atoms with Crippen molar-refractivity contribution < 1.29 is 18.7 Å². The quantitative estimate of drug-likeness (QED) is 0.874. The van der Waals surface area contributed by atoms with Gasteiger partial charge in [0, 0.05) is 24.8 Å². The molecule has 5 nitrogen and oxygen atoms in total. The Labute approximate surface area is 145 Å². The van der Waals surface area contributed by atoms with E-state index < -0.39 is 17.4 Å². The van der Waals surface area contributed by atoms with Gasteiger partial charge in [-0.25, -0.2) is 0 Å². The van der Waals surface area contributed by atoms with Crippen LogP contribution in [-0.4, -0.2) is 41.7 Å². The Balaban J connectivity index is 1.54. The van der Waals surface area contributed by atoms with Gasteiger partial charge in [-0.3, -0.25) is 4.79 Å². The van der Waals surface area contributed by atoms with Crippen LogP contribution in [0.4, 0.5) is 14.5 Å². The normalized spacial score (nSPS) is 20.5. The van der Waals surface area contributed by atoms with Crippen LogP contribution in [0.5, 0.6) is 0 Å². The number of amides is 1. The maximum Gasteiger partial charge on any atom is 0.352 e. The van der Waals surface area contributed by atoms with Gasteiger partial charge in [0.2, 0.25) is 0 Å². The number of nitriles is 1. The molecule has 2 N–H and O–H groups in total. The van der Waals surface area contributed by atoms with Gasteiger partial charge in [-0.15, -0.1) is 0 Å². The summed E-state index contributed by atoms with van der Waals surface area (Å²) in [6.45, 7) is 1.26. The van der Waals surface area contributed by atoms with E-state index in [9.17, 15) is 18.7 Å². The van der Waals surface area contributed by atoms with Gasteiger partial charge in [-0.2, -0.15) is 14.0 Å².